The molecule has 29 heavy (non-hydrogen) atoms. The second-order valence-electron chi connectivity index (χ2n) is 7.87. The van der Waals surface area contributed by atoms with Crippen LogP contribution in [0, 0.1) is 5.92 Å². The molecule has 2 aliphatic rings. The summed E-state index contributed by atoms with van der Waals surface area (Å²) in [5.74, 6) is 0.811. The first-order chi connectivity index (χ1) is 14.1. The smallest absolute Gasteiger partial charge is 0.277 e. The van der Waals surface area contributed by atoms with Gasteiger partial charge < -0.3 is 9.80 Å². The molecule has 6 nitrogen and oxygen atoms in total. The summed E-state index contributed by atoms with van der Waals surface area (Å²) in [5, 5.41) is 0. The number of hydrogen-bond acceptors (Lipinski definition) is 5. The van der Waals surface area contributed by atoms with Crippen LogP contribution in [0.25, 0.3) is 5.57 Å². The van der Waals surface area contributed by atoms with Crippen LogP contribution < -0.4 is 4.90 Å². The number of pyridine rings is 1. The topological polar surface area (TPSA) is 56.8 Å². The SMILES string of the molecule is CC(C)CN1C(=O)C(c2ccccc2)=C(N2CCN(c3ccccn3)CC2)C1=O. The molecule has 0 saturated carbocycles. The summed E-state index contributed by atoms with van der Waals surface area (Å²) < 4.78 is 0. The number of hydrogen-bond donors (Lipinski definition) is 0. The predicted octanol–water partition coefficient (Wildman–Crippen LogP) is 2.64. The minimum absolute atomic E-state index is 0.172. The number of imide groups is 1. The number of anilines is 1. The lowest BCUT2D eigenvalue weighted by atomic mass is 10.0. The molecular weight excluding hydrogens is 364 g/mol. The number of carbonyl (C=O) groups is 2. The second-order valence-corrected chi connectivity index (χ2v) is 7.87. The van der Waals surface area contributed by atoms with E-state index < -0.39 is 0 Å². The summed E-state index contributed by atoms with van der Waals surface area (Å²) in [5.41, 5.74) is 1.88. The molecule has 3 heterocycles. The van der Waals surface area contributed by atoms with Crippen molar-refractivity contribution in [3.8, 4) is 0 Å². The van der Waals surface area contributed by atoms with Gasteiger partial charge in [0.25, 0.3) is 11.8 Å². The van der Waals surface area contributed by atoms with Crippen LogP contribution in [0.1, 0.15) is 19.4 Å². The fourth-order valence-electron chi connectivity index (χ4n) is 3.95. The second kappa shape index (κ2) is 8.07. The molecule has 2 amide bonds. The fraction of sp³-hybridized carbons (Fsp3) is 0.348. The Kier molecular flexibility index (Phi) is 5.34. The van der Waals surface area contributed by atoms with Crippen molar-refractivity contribution in [2.75, 3.05) is 37.6 Å². The molecule has 0 aliphatic carbocycles. The van der Waals surface area contributed by atoms with Crippen molar-refractivity contribution in [1.29, 1.82) is 0 Å². The van der Waals surface area contributed by atoms with Gasteiger partial charge in [-0.05, 0) is 23.6 Å². The Labute approximate surface area is 171 Å². The zero-order valence-electron chi connectivity index (χ0n) is 16.9. The number of nitrogens with zero attached hydrogens (tertiary/aromatic N) is 4. The van der Waals surface area contributed by atoms with E-state index in [-0.39, 0.29) is 17.7 Å². The number of aromatic nitrogens is 1. The molecule has 0 N–H and O–H groups in total. The zero-order valence-corrected chi connectivity index (χ0v) is 16.9. The Morgan fingerprint density at radius 3 is 2.14 bits per heavy atom. The molecular formula is C23H26N4O2. The summed E-state index contributed by atoms with van der Waals surface area (Å²) in [6.45, 7) is 7.35. The van der Waals surface area contributed by atoms with E-state index in [1.165, 1.54) is 4.90 Å². The first-order valence-electron chi connectivity index (χ1n) is 10.1. The van der Waals surface area contributed by atoms with E-state index in [1.54, 1.807) is 6.20 Å². The van der Waals surface area contributed by atoms with E-state index in [1.807, 2.05) is 62.4 Å². The van der Waals surface area contributed by atoms with Crippen molar-refractivity contribution in [3.05, 3.63) is 66.0 Å². The normalized spacial score (nSPS) is 17.7. The van der Waals surface area contributed by atoms with Crippen molar-refractivity contribution in [2.24, 2.45) is 5.92 Å². The third-order valence-corrected chi connectivity index (χ3v) is 5.32. The van der Waals surface area contributed by atoms with Gasteiger partial charge >= 0.3 is 0 Å². The van der Waals surface area contributed by atoms with Gasteiger partial charge in [-0.3, -0.25) is 14.5 Å². The number of carbonyl (C=O) groups excluding carboxylic acids is 2. The molecule has 1 saturated heterocycles. The third-order valence-electron chi connectivity index (χ3n) is 5.32. The van der Waals surface area contributed by atoms with Gasteiger partial charge in [-0.25, -0.2) is 4.98 Å². The molecule has 0 spiro atoms. The molecule has 6 heteroatoms. The quantitative estimate of drug-likeness (QED) is 0.735. The highest BCUT2D eigenvalue weighted by Gasteiger charge is 2.42. The van der Waals surface area contributed by atoms with Crippen LogP contribution in [-0.4, -0.2) is 59.3 Å². The summed E-state index contributed by atoms with van der Waals surface area (Å²) in [6, 6.07) is 15.4. The Bertz CT molecular complexity index is 916. The van der Waals surface area contributed by atoms with Gasteiger partial charge in [0.15, 0.2) is 0 Å². The van der Waals surface area contributed by atoms with E-state index in [4.69, 9.17) is 0 Å². The van der Waals surface area contributed by atoms with Crippen molar-refractivity contribution in [1.82, 2.24) is 14.8 Å². The third kappa shape index (κ3) is 3.75. The van der Waals surface area contributed by atoms with E-state index in [9.17, 15) is 9.59 Å². The van der Waals surface area contributed by atoms with Crippen LogP contribution in [0.3, 0.4) is 0 Å². The summed E-state index contributed by atoms with van der Waals surface area (Å²) >= 11 is 0. The summed E-state index contributed by atoms with van der Waals surface area (Å²) in [6.07, 6.45) is 1.79. The zero-order chi connectivity index (χ0) is 20.4. The van der Waals surface area contributed by atoms with Gasteiger partial charge in [-0.2, -0.15) is 0 Å². The standard InChI is InChI=1S/C23H26N4O2/c1-17(2)16-27-22(28)20(18-8-4-3-5-9-18)21(23(27)29)26-14-12-25(13-15-26)19-10-6-7-11-24-19/h3-11,17H,12-16H2,1-2H3. The van der Waals surface area contributed by atoms with Crippen LogP contribution in [0.4, 0.5) is 5.82 Å². The molecule has 1 aromatic heterocycles. The number of benzene rings is 1. The highest BCUT2D eigenvalue weighted by Crippen LogP contribution is 2.32. The Morgan fingerprint density at radius 1 is 0.862 bits per heavy atom. The predicted molar refractivity (Wildman–Crippen MR) is 113 cm³/mol. The molecule has 0 atom stereocenters. The van der Waals surface area contributed by atoms with Crippen LogP contribution in [-0.2, 0) is 9.59 Å². The van der Waals surface area contributed by atoms with E-state index in [0.29, 0.717) is 30.9 Å². The Morgan fingerprint density at radius 2 is 1.52 bits per heavy atom. The average molecular weight is 390 g/mol. The minimum Gasteiger partial charge on any atom is -0.363 e. The lowest BCUT2D eigenvalue weighted by Gasteiger charge is -2.37. The molecule has 0 radical (unpaired) electrons. The van der Waals surface area contributed by atoms with Gasteiger partial charge in [0.05, 0.1) is 5.57 Å². The van der Waals surface area contributed by atoms with Crippen LogP contribution in [0.15, 0.2) is 60.4 Å². The van der Waals surface area contributed by atoms with Crippen molar-refractivity contribution < 1.29 is 9.59 Å². The largest absolute Gasteiger partial charge is 0.363 e. The summed E-state index contributed by atoms with van der Waals surface area (Å²) in [7, 11) is 0. The first-order valence-corrected chi connectivity index (χ1v) is 10.1. The molecule has 150 valence electrons. The number of rotatable bonds is 5. The number of amides is 2. The molecule has 1 aromatic carbocycles. The molecule has 2 aromatic rings. The fourth-order valence-corrected chi connectivity index (χ4v) is 3.95. The lowest BCUT2D eigenvalue weighted by Crippen LogP contribution is -2.48. The molecule has 1 fully saturated rings. The first kappa shape index (κ1) is 19.2. The van der Waals surface area contributed by atoms with E-state index >= 15 is 0 Å². The maximum absolute atomic E-state index is 13.3. The van der Waals surface area contributed by atoms with Crippen molar-refractivity contribution in [2.45, 2.75) is 13.8 Å². The van der Waals surface area contributed by atoms with Gasteiger partial charge in [-0.1, -0.05) is 50.2 Å². The van der Waals surface area contributed by atoms with Gasteiger partial charge in [-0.15, -0.1) is 0 Å². The van der Waals surface area contributed by atoms with Gasteiger partial charge in [0, 0.05) is 38.9 Å². The molecule has 0 bridgehead atoms. The van der Waals surface area contributed by atoms with E-state index in [0.717, 1.165) is 24.5 Å². The summed E-state index contributed by atoms with van der Waals surface area (Å²) in [4.78, 5) is 36.6. The number of piperazine rings is 1. The van der Waals surface area contributed by atoms with Crippen molar-refractivity contribution in [3.63, 3.8) is 0 Å². The lowest BCUT2D eigenvalue weighted by molar-refractivity contribution is -0.138. The maximum atomic E-state index is 13.3. The maximum Gasteiger partial charge on any atom is 0.277 e. The minimum atomic E-state index is -0.183. The average Bonchev–Trinajstić information content (AvgIpc) is 2.99. The molecule has 0 unspecified atom stereocenters. The van der Waals surface area contributed by atoms with Crippen LogP contribution >= 0.6 is 0 Å². The van der Waals surface area contributed by atoms with Gasteiger partial charge in [0.2, 0.25) is 0 Å². The Balaban J connectivity index is 1.63. The van der Waals surface area contributed by atoms with Crippen LogP contribution in [0.2, 0.25) is 0 Å². The molecule has 4 rings (SSSR count). The highest BCUT2D eigenvalue weighted by atomic mass is 16.2. The highest BCUT2D eigenvalue weighted by molar-refractivity contribution is 6.35. The van der Waals surface area contributed by atoms with Crippen molar-refractivity contribution >= 4 is 23.2 Å². The van der Waals surface area contributed by atoms with Gasteiger partial charge in [0.1, 0.15) is 11.5 Å². The molecule has 2 aliphatic heterocycles. The monoisotopic (exact) mass is 390 g/mol. The Hall–Kier alpha value is -3.15. The van der Waals surface area contributed by atoms with Crippen LogP contribution in [0.5, 0.6) is 0 Å². The van der Waals surface area contributed by atoms with E-state index in [2.05, 4.69) is 14.8 Å².